The number of nitrogens with two attached hydrogens (primary N) is 1. The van der Waals surface area contributed by atoms with Crippen LogP contribution in [0.25, 0.3) is 11.0 Å². The number of carbonyl (C=O) groups is 1. The van der Waals surface area contributed by atoms with Crippen LogP contribution in [0.1, 0.15) is 10.6 Å². The lowest BCUT2D eigenvalue weighted by atomic mass is 10.2. The molecule has 1 aromatic carbocycles. The molecule has 1 aromatic heterocycles. The van der Waals surface area contributed by atoms with Gasteiger partial charge in [-0.15, -0.1) is 0 Å². The molecule has 2 aromatic rings. The SMILES string of the molecule is COC(=O)c1cc(=O)c2c(N)cccc2o1. The number of benzene rings is 1. The van der Waals surface area contributed by atoms with Gasteiger partial charge in [-0.1, -0.05) is 6.07 Å². The molecule has 0 saturated carbocycles. The zero-order chi connectivity index (χ0) is 11.7. The number of methoxy groups -OCH3 is 1. The van der Waals surface area contributed by atoms with E-state index in [1.54, 1.807) is 18.2 Å². The van der Waals surface area contributed by atoms with Gasteiger partial charge in [0.1, 0.15) is 5.58 Å². The molecule has 0 bridgehead atoms. The molecule has 0 fully saturated rings. The van der Waals surface area contributed by atoms with Crippen molar-refractivity contribution in [3.8, 4) is 0 Å². The first-order valence-electron chi connectivity index (χ1n) is 4.54. The second-order valence-corrected chi connectivity index (χ2v) is 3.19. The van der Waals surface area contributed by atoms with Gasteiger partial charge in [-0.2, -0.15) is 0 Å². The minimum Gasteiger partial charge on any atom is -0.463 e. The van der Waals surface area contributed by atoms with Gasteiger partial charge in [0.15, 0.2) is 5.43 Å². The number of nitrogen functional groups attached to an aromatic ring is 1. The predicted octanol–water partition coefficient (Wildman–Crippen LogP) is 1.16. The summed E-state index contributed by atoms with van der Waals surface area (Å²) in [4.78, 5) is 22.9. The molecule has 0 spiro atoms. The highest BCUT2D eigenvalue weighted by Gasteiger charge is 2.13. The Labute approximate surface area is 90.4 Å². The maximum absolute atomic E-state index is 11.7. The Morgan fingerprint density at radius 3 is 2.88 bits per heavy atom. The first kappa shape index (κ1) is 10.2. The second kappa shape index (κ2) is 3.69. The van der Waals surface area contributed by atoms with Gasteiger partial charge in [0.05, 0.1) is 12.5 Å². The molecule has 5 heteroatoms. The van der Waals surface area contributed by atoms with Crippen LogP contribution in [0.5, 0.6) is 0 Å². The molecule has 0 radical (unpaired) electrons. The minimum atomic E-state index is -0.693. The van der Waals surface area contributed by atoms with Crippen molar-refractivity contribution >= 4 is 22.6 Å². The first-order valence-corrected chi connectivity index (χ1v) is 4.54. The van der Waals surface area contributed by atoms with Crippen molar-refractivity contribution in [3.63, 3.8) is 0 Å². The number of ether oxygens (including phenoxy) is 1. The summed E-state index contributed by atoms with van der Waals surface area (Å²) in [6.07, 6.45) is 0. The van der Waals surface area contributed by atoms with Gasteiger partial charge in [0, 0.05) is 11.8 Å². The molecule has 0 atom stereocenters. The molecule has 5 nitrogen and oxygen atoms in total. The standard InChI is InChI=1S/C11H9NO4/c1-15-11(14)9-5-7(13)10-6(12)3-2-4-8(10)16-9/h2-5H,12H2,1H3. The van der Waals surface area contributed by atoms with Crippen molar-refractivity contribution in [3.05, 3.63) is 40.2 Å². The number of anilines is 1. The van der Waals surface area contributed by atoms with Crippen molar-refractivity contribution in [2.75, 3.05) is 12.8 Å². The molecular weight excluding hydrogens is 210 g/mol. The molecule has 1 heterocycles. The molecular formula is C11H9NO4. The smallest absolute Gasteiger partial charge is 0.374 e. The summed E-state index contributed by atoms with van der Waals surface area (Å²) in [6, 6.07) is 5.88. The zero-order valence-electron chi connectivity index (χ0n) is 8.52. The molecule has 0 aliphatic carbocycles. The van der Waals surface area contributed by atoms with E-state index in [9.17, 15) is 9.59 Å². The van der Waals surface area contributed by atoms with Gasteiger partial charge in [0.2, 0.25) is 5.76 Å². The summed E-state index contributed by atoms with van der Waals surface area (Å²) in [5.41, 5.74) is 5.87. The van der Waals surface area contributed by atoms with E-state index in [0.29, 0.717) is 5.69 Å². The van der Waals surface area contributed by atoms with E-state index in [1.165, 1.54) is 7.11 Å². The van der Waals surface area contributed by atoms with Crippen LogP contribution in [-0.2, 0) is 4.74 Å². The van der Waals surface area contributed by atoms with E-state index in [-0.39, 0.29) is 22.2 Å². The highest BCUT2D eigenvalue weighted by atomic mass is 16.5. The number of esters is 1. The van der Waals surface area contributed by atoms with Crippen molar-refractivity contribution in [1.29, 1.82) is 0 Å². The third-order valence-corrected chi connectivity index (χ3v) is 2.17. The zero-order valence-corrected chi connectivity index (χ0v) is 8.52. The molecule has 0 unspecified atom stereocenters. The van der Waals surface area contributed by atoms with Gasteiger partial charge in [0.25, 0.3) is 0 Å². The molecule has 16 heavy (non-hydrogen) atoms. The maximum atomic E-state index is 11.7. The summed E-state index contributed by atoms with van der Waals surface area (Å²) in [6.45, 7) is 0. The van der Waals surface area contributed by atoms with Crippen LogP contribution in [0.4, 0.5) is 5.69 Å². The molecule has 0 aliphatic rings. The molecule has 0 amide bonds. The largest absolute Gasteiger partial charge is 0.463 e. The van der Waals surface area contributed by atoms with Crippen LogP contribution in [-0.4, -0.2) is 13.1 Å². The van der Waals surface area contributed by atoms with E-state index in [2.05, 4.69) is 4.74 Å². The average Bonchev–Trinajstić information content (AvgIpc) is 2.27. The van der Waals surface area contributed by atoms with E-state index in [4.69, 9.17) is 10.2 Å². The highest BCUT2D eigenvalue weighted by molar-refractivity contribution is 5.92. The van der Waals surface area contributed by atoms with E-state index >= 15 is 0 Å². The van der Waals surface area contributed by atoms with Gasteiger partial charge in [-0.25, -0.2) is 4.79 Å². The Morgan fingerprint density at radius 1 is 1.44 bits per heavy atom. The fourth-order valence-electron chi connectivity index (χ4n) is 1.44. The highest BCUT2D eigenvalue weighted by Crippen LogP contribution is 2.18. The Bertz CT molecular complexity index is 615. The third-order valence-electron chi connectivity index (χ3n) is 2.17. The Morgan fingerprint density at radius 2 is 2.19 bits per heavy atom. The van der Waals surface area contributed by atoms with Crippen LogP contribution in [0.2, 0.25) is 0 Å². The van der Waals surface area contributed by atoms with Crippen LogP contribution in [0.3, 0.4) is 0 Å². The van der Waals surface area contributed by atoms with Gasteiger partial charge < -0.3 is 14.9 Å². The topological polar surface area (TPSA) is 82.5 Å². The average molecular weight is 219 g/mol. The second-order valence-electron chi connectivity index (χ2n) is 3.19. The number of hydrogen-bond donors (Lipinski definition) is 1. The van der Waals surface area contributed by atoms with Crippen molar-refractivity contribution in [2.24, 2.45) is 0 Å². The lowest BCUT2D eigenvalue weighted by Gasteiger charge is -2.02. The van der Waals surface area contributed by atoms with Crippen molar-refractivity contribution in [2.45, 2.75) is 0 Å². The predicted molar refractivity (Wildman–Crippen MR) is 58.2 cm³/mol. The van der Waals surface area contributed by atoms with E-state index < -0.39 is 5.97 Å². The molecule has 0 saturated heterocycles. The fraction of sp³-hybridized carbons (Fsp3) is 0.0909. The van der Waals surface area contributed by atoms with Crippen LogP contribution < -0.4 is 11.2 Å². The first-order chi connectivity index (χ1) is 7.63. The molecule has 2 N–H and O–H groups in total. The van der Waals surface area contributed by atoms with Gasteiger partial charge in [-0.05, 0) is 12.1 Å². The van der Waals surface area contributed by atoms with Crippen molar-refractivity contribution in [1.82, 2.24) is 0 Å². The monoisotopic (exact) mass is 219 g/mol. The quantitative estimate of drug-likeness (QED) is 0.574. The molecule has 2 rings (SSSR count). The van der Waals surface area contributed by atoms with E-state index in [1.807, 2.05) is 0 Å². The normalized spacial score (nSPS) is 10.3. The summed E-state index contributed by atoms with van der Waals surface area (Å²) in [5, 5.41) is 0.273. The lowest BCUT2D eigenvalue weighted by Crippen LogP contribution is -2.09. The summed E-state index contributed by atoms with van der Waals surface area (Å²) < 4.78 is 9.69. The minimum absolute atomic E-state index is 0.134. The number of hydrogen-bond acceptors (Lipinski definition) is 5. The lowest BCUT2D eigenvalue weighted by molar-refractivity contribution is 0.0565. The van der Waals surface area contributed by atoms with Crippen LogP contribution >= 0.6 is 0 Å². The summed E-state index contributed by atoms with van der Waals surface area (Å²) in [5.74, 6) is -0.827. The van der Waals surface area contributed by atoms with E-state index in [0.717, 1.165) is 6.07 Å². The van der Waals surface area contributed by atoms with Crippen molar-refractivity contribution < 1.29 is 13.9 Å². The fourth-order valence-corrected chi connectivity index (χ4v) is 1.44. The number of carbonyl (C=O) groups excluding carboxylic acids is 1. The van der Waals surface area contributed by atoms with Crippen LogP contribution in [0, 0.1) is 0 Å². The number of fused-ring (bicyclic) bond motifs is 1. The van der Waals surface area contributed by atoms with Crippen LogP contribution in [0.15, 0.2) is 33.5 Å². The number of rotatable bonds is 1. The Hall–Kier alpha value is -2.30. The Balaban J connectivity index is 2.79. The van der Waals surface area contributed by atoms with Gasteiger partial charge in [-0.3, -0.25) is 4.79 Å². The van der Waals surface area contributed by atoms with Gasteiger partial charge >= 0.3 is 5.97 Å². The summed E-state index contributed by atoms with van der Waals surface area (Å²) in [7, 11) is 1.21. The summed E-state index contributed by atoms with van der Waals surface area (Å²) >= 11 is 0. The maximum Gasteiger partial charge on any atom is 0.374 e. The Kier molecular flexibility index (Phi) is 2.36. The molecule has 82 valence electrons. The third kappa shape index (κ3) is 1.52. The molecule has 0 aliphatic heterocycles.